The number of nitrogens with two attached hydrogens (primary N) is 1. The standard InChI is InChI=1S/C25H22N4O5S/c1-28-16-21(25(31)32)27-24(28)20-13-12-18(23(26)30)14-22(20)29(15-17-8-4-2-5-9-17)35(33,34)19-10-6-3-7-11-19/h2-14,16H,15H2,1H3,(H2,26,30)(H,31,32). The van der Waals surface area contributed by atoms with Crippen molar-refractivity contribution < 1.29 is 23.1 Å². The number of hydrogen-bond acceptors (Lipinski definition) is 5. The molecule has 10 heteroatoms. The maximum absolute atomic E-state index is 13.9. The SMILES string of the molecule is Cn1cc(C(=O)O)nc1-c1ccc(C(N)=O)cc1N(Cc1ccccc1)S(=O)(=O)c1ccccc1. The number of benzene rings is 3. The fraction of sp³-hybridized carbons (Fsp3) is 0.0800. The minimum absolute atomic E-state index is 0.0521. The van der Waals surface area contributed by atoms with Gasteiger partial charge in [-0.05, 0) is 35.9 Å². The molecule has 35 heavy (non-hydrogen) atoms. The number of hydrogen-bond donors (Lipinski definition) is 2. The van der Waals surface area contributed by atoms with Gasteiger partial charge in [-0.15, -0.1) is 0 Å². The van der Waals surface area contributed by atoms with Gasteiger partial charge in [0.05, 0.1) is 17.1 Å². The zero-order valence-electron chi connectivity index (χ0n) is 18.7. The van der Waals surface area contributed by atoms with Crippen molar-refractivity contribution in [2.45, 2.75) is 11.4 Å². The van der Waals surface area contributed by atoms with E-state index in [1.807, 2.05) is 6.07 Å². The quantitative estimate of drug-likeness (QED) is 0.389. The van der Waals surface area contributed by atoms with Gasteiger partial charge in [0.15, 0.2) is 5.69 Å². The Bertz CT molecular complexity index is 1500. The fourth-order valence-corrected chi connectivity index (χ4v) is 5.15. The van der Waals surface area contributed by atoms with Gasteiger partial charge in [0.1, 0.15) is 5.82 Å². The molecule has 178 valence electrons. The van der Waals surface area contributed by atoms with Crippen LogP contribution in [0, 0.1) is 0 Å². The topological polar surface area (TPSA) is 136 Å². The van der Waals surface area contributed by atoms with Crippen LogP contribution < -0.4 is 10.0 Å². The lowest BCUT2D eigenvalue weighted by Crippen LogP contribution is -2.31. The first-order valence-corrected chi connectivity index (χ1v) is 11.9. The van der Waals surface area contributed by atoms with E-state index in [4.69, 9.17) is 5.73 Å². The van der Waals surface area contributed by atoms with Crippen LogP contribution in [-0.4, -0.2) is 35.0 Å². The number of imidazole rings is 1. The highest BCUT2D eigenvalue weighted by Gasteiger charge is 2.29. The summed E-state index contributed by atoms with van der Waals surface area (Å²) < 4.78 is 30.4. The summed E-state index contributed by atoms with van der Waals surface area (Å²) in [7, 11) is -2.51. The first-order chi connectivity index (χ1) is 16.7. The second kappa shape index (κ2) is 9.43. The van der Waals surface area contributed by atoms with E-state index in [9.17, 15) is 23.1 Å². The number of carboxylic acids is 1. The molecule has 0 unspecified atom stereocenters. The molecule has 3 aromatic carbocycles. The molecule has 9 nitrogen and oxygen atoms in total. The lowest BCUT2D eigenvalue weighted by atomic mass is 10.1. The van der Waals surface area contributed by atoms with Crippen molar-refractivity contribution in [3.8, 4) is 11.4 Å². The fourth-order valence-electron chi connectivity index (χ4n) is 3.67. The van der Waals surface area contributed by atoms with Crippen LogP contribution in [0.4, 0.5) is 5.69 Å². The summed E-state index contributed by atoms with van der Waals surface area (Å²) in [5, 5.41) is 9.39. The van der Waals surface area contributed by atoms with Crippen molar-refractivity contribution >= 4 is 27.6 Å². The molecule has 0 spiro atoms. The average Bonchev–Trinajstić information content (AvgIpc) is 3.25. The molecule has 0 atom stereocenters. The van der Waals surface area contributed by atoms with Crippen molar-refractivity contribution in [2.75, 3.05) is 4.31 Å². The van der Waals surface area contributed by atoms with E-state index in [1.165, 1.54) is 45.4 Å². The summed E-state index contributed by atoms with van der Waals surface area (Å²) in [4.78, 5) is 27.8. The van der Waals surface area contributed by atoms with Gasteiger partial charge in [0.25, 0.3) is 10.0 Å². The van der Waals surface area contributed by atoms with Crippen LogP contribution in [0.15, 0.2) is 90.0 Å². The van der Waals surface area contributed by atoms with Crippen LogP contribution in [0.1, 0.15) is 26.4 Å². The molecule has 0 radical (unpaired) electrons. The van der Waals surface area contributed by atoms with E-state index < -0.39 is 21.9 Å². The largest absolute Gasteiger partial charge is 0.476 e. The Balaban J connectivity index is 1.99. The van der Waals surface area contributed by atoms with E-state index in [0.717, 1.165) is 0 Å². The molecule has 0 aliphatic heterocycles. The Hall–Kier alpha value is -4.44. The molecule has 0 aliphatic rings. The molecule has 3 N–H and O–H groups in total. The Morgan fingerprint density at radius 2 is 1.63 bits per heavy atom. The number of sulfonamides is 1. The average molecular weight is 491 g/mol. The highest BCUT2D eigenvalue weighted by molar-refractivity contribution is 7.92. The van der Waals surface area contributed by atoms with Crippen LogP contribution in [0.2, 0.25) is 0 Å². The van der Waals surface area contributed by atoms with Gasteiger partial charge in [0.2, 0.25) is 5.91 Å². The van der Waals surface area contributed by atoms with Gasteiger partial charge in [-0.3, -0.25) is 9.10 Å². The number of anilines is 1. The Morgan fingerprint density at radius 3 is 2.20 bits per heavy atom. The number of primary amides is 1. The maximum Gasteiger partial charge on any atom is 0.356 e. The first-order valence-electron chi connectivity index (χ1n) is 10.5. The van der Waals surface area contributed by atoms with Crippen molar-refractivity contribution in [2.24, 2.45) is 12.8 Å². The number of aryl methyl sites for hydroxylation is 1. The third kappa shape index (κ3) is 4.78. The number of rotatable bonds is 8. The minimum Gasteiger partial charge on any atom is -0.476 e. The zero-order valence-corrected chi connectivity index (χ0v) is 19.5. The van der Waals surface area contributed by atoms with Crippen molar-refractivity contribution in [1.29, 1.82) is 0 Å². The molecule has 1 aromatic heterocycles. The molecule has 1 amide bonds. The highest BCUT2D eigenvalue weighted by atomic mass is 32.2. The monoisotopic (exact) mass is 490 g/mol. The minimum atomic E-state index is -4.12. The summed E-state index contributed by atoms with van der Waals surface area (Å²) in [6, 6.07) is 21.2. The molecule has 4 aromatic rings. The molecule has 0 bridgehead atoms. The van der Waals surface area contributed by atoms with Gasteiger partial charge < -0.3 is 15.4 Å². The number of aromatic nitrogens is 2. The second-order valence-electron chi connectivity index (χ2n) is 7.77. The molecular formula is C25H22N4O5S. The maximum atomic E-state index is 13.9. The lowest BCUT2D eigenvalue weighted by Gasteiger charge is -2.27. The zero-order chi connectivity index (χ0) is 25.2. The van der Waals surface area contributed by atoms with E-state index in [2.05, 4.69) is 4.98 Å². The Kier molecular flexibility index (Phi) is 6.39. The predicted molar refractivity (Wildman–Crippen MR) is 130 cm³/mol. The summed E-state index contributed by atoms with van der Waals surface area (Å²) >= 11 is 0. The van der Waals surface area contributed by atoms with Crippen molar-refractivity contribution in [3.05, 3.63) is 102 Å². The summed E-state index contributed by atoms with van der Waals surface area (Å²) in [5.41, 5.74) is 6.57. The number of amides is 1. The second-order valence-corrected chi connectivity index (χ2v) is 9.63. The van der Waals surface area contributed by atoms with Crippen LogP contribution in [0.3, 0.4) is 0 Å². The van der Waals surface area contributed by atoms with Crippen LogP contribution >= 0.6 is 0 Å². The predicted octanol–water partition coefficient (Wildman–Crippen LogP) is 3.28. The van der Waals surface area contributed by atoms with Gasteiger partial charge in [-0.2, -0.15) is 0 Å². The highest BCUT2D eigenvalue weighted by Crippen LogP contribution is 2.36. The van der Waals surface area contributed by atoms with Crippen LogP contribution in [0.25, 0.3) is 11.4 Å². The normalized spacial score (nSPS) is 11.2. The molecule has 4 rings (SSSR count). The first kappa shape index (κ1) is 23.7. The number of nitrogens with zero attached hydrogens (tertiary/aromatic N) is 3. The Morgan fingerprint density at radius 1 is 1.00 bits per heavy atom. The van der Waals surface area contributed by atoms with E-state index >= 15 is 0 Å². The lowest BCUT2D eigenvalue weighted by molar-refractivity contribution is 0.0690. The summed E-state index contributed by atoms with van der Waals surface area (Å²) in [6.45, 7) is -0.0521. The third-order valence-electron chi connectivity index (χ3n) is 5.39. The number of carbonyl (C=O) groups is 2. The third-order valence-corrected chi connectivity index (χ3v) is 7.16. The van der Waals surface area contributed by atoms with Gasteiger partial charge in [0, 0.05) is 24.4 Å². The number of carbonyl (C=O) groups excluding carboxylic acids is 1. The molecule has 0 saturated carbocycles. The van der Waals surface area contributed by atoms with Crippen LogP contribution in [0.5, 0.6) is 0 Å². The van der Waals surface area contributed by atoms with Crippen LogP contribution in [-0.2, 0) is 23.6 Å². The summed E-state index contributed by atoms with van der Waals surface area (Å²) in [6.07, 6.45) is 1.33. The number of aromatic carboxylic acids is 1. The smallest absolute Gasteiger partial charge is 0.356 e. The molecule has 0 fully saturated rings. The summed E-state index contributed by atoms with van der Waals surface area (Å²) in [5.74, 6) is -1.74. The number of carboxylic acid groups (broad SMARTS) is 1. The van der Waals surface area contributed by atoms with E-state index in [0.29, 0.717) is 11.1 Å². The molecule has 1 heterocycles. The van der Waals surface area contributed by atoms with Gasteiger partial charge >= 0.3 is 5.97 Å². The van der Waals surface area contributed by atoms with Gasteiger partial charge in [-0.1, -0.05) is 48.5 Å². The van der Waals surface area contributed by atoms with E-state index in [-0.39, 0.29) is 34.2 Å². The molecule has 0 saturated heterocycles. The van der Waals surface area contributed by atoms with E-state index in [1.54, 1.807) is 49.5 Å². The van der Waals surface area contributed by atoms with Crippen molar-refractivity contribution in [1.82, 2.24) is 9.55 Å². The van der Waals surface area contributed by atoms with Crippen molar-refractivity contribution in [3.63, 3.8) is 0 Å². The molecular weight excluding hydrogens is 468 g/mol. The van der Waals surface area contributed by atoms with Gasteiger partial charge in [-0.25, -0.2) is 18.2 Å². The Labute approximate surface area is 202 Å². The molecule has 0 aliphatic carbocycles.